The molecule has 2 aliphatic rings. The molecule has 1 amide bonds. The number of amides is 1. The maximum absolute atomic E-state index is 11.5. The second-order valence-corrected chi connectivity index (χ2v) is 5.28. The van der Waals surface area contributed by atoms with Gasteiger partial charge in [0.15, 0.2) is 0 Å². The summed E-state index contributed by atoms with van der Waals surface area (Å²) in [5.41, 5.74) is 0. The van der Waals surface area contributed by atoms with Crippen molar-refractivity contribution in [3.05, 3.63) is 0 Å². The number of carbonyl (C=O) groups excluding carboxylic acids is 1. The minimum Gasteiger partial charge on any atom is -0.368 e. The zero-order chi connectivity index (χ0) is 9.97. The van der Waals surface area contributed by atoms with Crippen molar-refractivity contribution < 1.29 is 9.53 Å². The van der Waals surface area contributed by atoms with Gasteiger partial charge in [0.25, 0.3) is 0 Å². The van der Waals surface area contributed by atoms with Crippen LogP contribution in [0.5, 0.6) is 0 Å². The lowest BCUT2D eigenvalue weighted by atomic mass is 10.2. The van der Waals surface area contributed by atoms with E-state index in [4.69, 9.17) is 4.74 Å². The SMILES string of the molecule is O=C(NCC(Br)C1CC1)C1CCCO1. The summed E-state index contributed by atoms with van der Waals surface area (Å²) in [6.45, 7) is 1.47. The summed E-state index contributed by atoms with van der Waals surface area (Å²) in [5, 5.41) is 2.93. The summed E-state index contributed by atoms with van der Waals surface area (Å²) in [6, 6.07) is 0. The molecule has 0 aromatic rings. The third-order valence-corrected chi connectivity index (χ3v) is 3.90. The van der Waals surface area contributed by atoms with Crippen LogP contribution in [0.1, 0.15) is 25.7 Å². The van der Waals surface area contributed by atoms with Gasteiger partial charge in [-0.1, -0.05) is 15.9 Å². The fraction of sp³-hybridized carbons (Fsp3) is 0.900. The van der Waals surface area contributed by atoms with Crippen molar-refractivity contribution >= 4 is 21.8 Å². The number of carbonyl (C=O) groups is 1. The average molecular weight is 262 g/mol. The molecule has 2 rings (SSSR count). The van der Waals surface area contributed by atoms with Gasteiger partial charge in [0, 0.05) is 18.0 Å². The van der Waals surface area contributed by atoms with Crippen LogP contribution in [-0.4, -0.2) is 30.0 Å². The van der Waals surface area contributed by atoms with Crippen LogP contribution < -0.4 is 5.32 Å². The van der Waals surface area contributed by atoms with Crippen LogP contribution in [0, 0.1) is 5.92 Å². The lowest BCUT2D eigenvalue weighted by Crippen LogP contribution is -2.37. The van der Waals surface area contributed by atoms with E-state index in [0.29, 0.717) is 4.83 Å². The molecule has 1 aliphatic heterocycles. The molecule has 0 bridgehead atoms. The number of ether oxygens (including phenoxy) is 1. The van der Waals surface area contributed by atoms with E-state index >= 15 is 0 Å². The van der Waals surface area contributed by atoms with Crippen molar-refractivity contribution in [1.82, 2.24) is 5.32 Å². The fourth-order valence-corrected chi connectivity index (χ4v) is 2.41. The summed E-state index contributed by atoms with van der Waals surface area (Å²) >= 11 is 3.59. The Morgan fingerprint density at radius 2 is 2.29 bits per heavy atom. The zero-order valence-corrected chi connectivity index (χ0v) is 9.76. The molecule has 1 N–H and O–H groups in total. The molecule has 1 saturated carbocycles. The first kappa shape index (κ1) is 10.4. The molecule has 1 saturated heterocycles. The molecule has 0 aromatic carbocycles. The van der Waals surface area contributed by atoms with Crippen molar-refractivity contribution in [2.75, 3.05) is 13.2 Å². The average Bonchev–Trinajstić information content (AvgIpc) is 2.90. The quantitative estimate of drug-likeness (QED) is 0.779. The first-order chi connectivity index (χ1) is 6.77. The largest absolute Gasteiger partial charge is 0.368 e. The molecule has 2 unspecified atom stereocenters. The van der Waals surface area contributed by atoms with E-state index in [1.54, 1.807) is 0 Å². The molecule has 1 heterocycles. The predicted molar refractivity (Wildman–Crippen MR) is 57.4 cm³/mol. The minimum absolute atomic E-state index is 0.0626. The number of hydrogen-bond acceptors (Lipinski definition) is 2. The van der Waals surface area contributed by atoms with Crippen molar-refractivity contribution in [3.63, 3.8) is 0 Å². The number of hydrogen-bond donors (Lipinski definition) is 1. The molecular formula is C10H16BrNO2. The van der Waals surface area contributed by atoms with Crippen molar-refractivity contribution in [2.45, 2.75) is 36.6 Å². The van der Waals surface area contributed by atoms with E-state index in [9.17, 15) is 4.79 Å². The molecule has 0 radical (unpaired) electrons. The molecule has 3 nitrogen and oxygen atoms in total. The Bertz CT molecular complexity index is 212. The standard InChI is InChI=1S/C10H16BrNO2/c11-8(7-3-4-7)6-12-10(13)9-2-1-5-14-9/h7-9H,1-6H2,(H,12,13). The summed E-state index contributed by atoms with van der Waals surface area (Å²) in [4.78, 5) is 12.0. The lowest BCUT2D eigenvalue weighted by Gasteiger charge is -2.13. The highest BCUT2D eigenvalue weighted by Gasteiger charge is 2.30. The molecule has 1 aliphatic carbocycles. The summed E-state index contributed by atoms with van der Waals surface area (Å²) < 4.78 is 5.30. The maximum atomic E-state index is 11.5. The zero-order valence-electron chi connectivity index (χ0n) is 8.17. The third-order valence-electron chi connectivity index (χ3n) is 2.83. The molecule has 2 atom stereocenters. The van der Waals surface area contributed by atoms with Gasteiger partial charge in [-0.25, -0.2) is 0 Å². The van der Waals surface area contributed by atoms with E-state index in [0.717, 1.165) is 31.9 Å². The number of nitrogens with one attached hydrogen (secondary N) is 1. The van der Waals surface area contributed by atoms with Gasteiger partial charge in [-0.2, -0.15) is 0 Å². The summed E-state index contributed by atoms with van der Waals surface area (Å²) in [7, 11) is 0. The van der Waals surface area contributed by atoms with Gasteiger partial charge < -0.3 is 10.1 Å². The monoisotopic (exact) mass is 261 g/mol. The van der Waals surface area contributed by atoms with Gasteiger partial charge in [-0.3, -0.25) is 4.79 Å². The molecule has 4 heteroatoms. The molecule has 80 valence electrons. The van der Waals surface area contributed by atoms with E-state index < -0.39 is 0 Å². The second-order valence-electron chi connectivity index (χ2n) is 4.10. The van der Waals surface area contributed by atoms with E-state index in [1.807, 2.05) is 0 Å². The highest BCUT2D eigenvalue weighted by Crippen LogP contribution is 2.36. The highest BCUT2D eigenvalue weighted by molar-refractivity contribution is 9.09. The normalized spacial score (nSPS) is 28.8. The topological polar surface area (TPSA) is 38.3 Å². The molecule has 0 spiro atoms. The highest BCUT2D eigenvalue weighted by atomic mass is 79.9. The van der Waals surface area contributed by atoms with Gasteiger partial charge in [-0.15, -0.1) is 0 Å². The molecule has 2 fully saturated rings. The van der Waals surface area contributed by atoms with E-state index in [2.05, 4.69) is 21.2 Å². The van der Waals surface area contributed by atoms with Crippen LogP contribution in [0.25, 0.3) is 0 Å². The minimum atomic E-state index is -0.186. The van der Waals surface area contributed by atoms with Gasteiger partial charge >= 0.3 is 0 Å². The first-order valence-corrected chi connectivity index (χ1v) is 6.22. The van der Waals surface area contributed by atoms with E-state index in [-0.39, 0.29) is 12.0 Å². The van der Waals surface area contributed by atoms with Crippen molar-refractivity contribution in [1.29, 1.82) is 0 Å². The fourth-order valence-electron chi connectivity index (χ4n) is 1.72. The number of rotatable bonds is 4. The van der Waals surface area contributed by atoms with Gasteiger partial charge in [-0.05, 0) is 31.6 Å². The Hall–Kier alpha value is -0.0900. The third kappa shape index (κ3) is 2.70. The van der Waals surface area contributed by atoms with Crippen molar-refractivity contribution in [2.24, 2.45) is 5.92 Å². The summed E-state index contributed by atoms with van der Waals surface area (Å²) in [5.74, 6) is 0.840. The second kappa shape index (κ2) is 4.62. The van der Waals surface area contributed by atoms with Crippen molar-refractivity contribution in [3.8, 4) is 0 Å². The Morgan fingerprint density at radius 1 is 1.50 bits per heavy atom. The number of halogens is 1. The number of alkyl halides is 1. The van der Waals surface area contributed by atoms with Crippen LogP contribution in [0.2, 0.25) is 0 Å². The van der Waals surface area contributed by atoms with Gasteiger partial charge in [0.1, 0.15) is 6.10 Å². The Morgan fingerprint density at radius 3 is 2.86 bits per heavy atom. The van der Waals surface area contributed by atoms with Crippen LogP contribution in [-0.2, 0) is 9.53 Å². The Labute approximate surface area is 92.7 Å². The summed E-state index contributed by atoms with van der Waals surface area (Å²) in [6.07, 6.45) is 4.30. The van der Waals surface area contributed by atoms with Crippen LogP contribution in [0.15, 0.2) is 0 Å². The maximum Gasteiger partial charge on any atom is 0.249 e. The van der Waals surface area contributed by atoms with E-state index in [1.165, 1.54) is 12.8 Å². The Balaban J connectivity index is 1.66. The van der Waals surface area contributed by atoms with Gasteiger partial charge in [0.2, 0.25) is 5.91 Å². The smallest absolute Gasteiger partial charge is 0.249 e. The first-order valence-electron chi connectivity index (χ1n) is 5.31. The Kier molecular flexibility index (Phi) is 3.44. The van der Waals surface area contributed by atoms with Crippen LogP contribution in [0.4, 0.5) is 0 Å². The molecule has 0 aromatic heterocycles. The predicted octanol–water partition coefficient (Wildman–Crippen LogP) is 1.46. The van der Waals surface area contributed by atoms with Gasteiger partial charge in [0.05, 0.1) is 0 Å². The van der Waals surface area contributed by atoms with Crippen LogP contribution in [0.3, 0.4) is 0 Å². The van der Waals surface area contributed by atoms with Crippen LogP contribution >= 0.6 is 15.9 Å². The lowest BCUT2D eigenvalue weighted by molar-refractivity contribution is -0.130. The molecular weight excluding hydrogens is 246 g/mol. The molecule has 14 heavy (non-hydrogen) atoms.